The van der Waals surface area contributed by atoms with E-state index in [9.17, 15) is 14.0 Å². The zero-order valence-electron chi connectivity index (χ0n) is 9.44. The van der Waals surface area contributed by atoms with Crippen LogP contribution in [0.5, 0.6) is 0 Å². The van der Waals surface area contributed by atoms with Gasteiger partial charge in [0.25, 0.3) is 0 Å². The van der Waals surface area contributed by atoms with Crippen LogP contribution in [0.1, 0.15) is 13.3 Å². The summed E-state index contributed by atoms with van der Waals surface area (Å²) in [6, 6.07) is 0. The van der Waals surface area contributed by atoms with E-state index in [-0.39, 0.29) is 12.4 Å². The summed E-state index contributed by atoms with van der Waals surface area (Å²) in [6.07, 6.45) is 3.87. The number of rotatable bonds is 3. The average Bonchev–Trinajstić information content (AvgIpc) is 2.81. The maximum Gasteiger partial charge on any atom is 0.316 e. The Balaban J connectivity index is 2.24. The zero-order chi connectivity index (χ0) is 12.6. The molecule has 3 atom stereocenters. The minimum Gasteiger partial charge on any atom is -0.481 e. The van der Waals surface area contributed by atoms with Crippen LogP contribution >= 0.6 is 0 Å². The molecule has 4 nitrogen and oxygen atoms in total. The second-order valence-corrected chi connectivity index (χ2v) is 4.38. The van der Waals surface area contributed by atoms with Crippen LogP contribution in [0.4, 0.5) is 4.39 Å². The van der Waals surface area contributed by atoms with Gasteiger partial charge in [-0.2, -0.15) is 0 Å². The third-order valence-corrected chi connectivity index (χ3v) is 3.39. The molecular weight excluding hydrogens is 225 g/mol. The lowest BCUT2D eigenvalue weighted by Crippen LogP contribution is -2.30. The van der Waals surface area contributed by atoms with Crippen LogP contribution in [-0.4, -0.2) is 23.5 Å². The van der Waals surface area contributed by atoms with Gasteiger partial charge in [0, 0.05) is 18.4 Å². The fourth-order valence-corrected chi connectivity index (χ4v) is 2.45. The number of amides is 1. The molecule has 0 spiro atoms. The predicted molar refractivity (Wildman–Crippen MR) is 58.7 cm³/mol. The number of allylic oxidation sites excluding steroid dienone is 4. The molecule has 0 saturated carbocycles. The highest BCUT2D eigenvalue weighted by atomic mass is 19.1. The molecule has 1 aliphatic carbocycles. The minimum absolute atomic E-state index is 0.217. The van der Waals surface area contributed by atoms with E-state index < -0.39 is 29.6 Å². The monoisotopic (exact) mass is 239 g/mol. The van der Waals surface area contributed by atoms with Crippen LogP contribution in [0, 0.1) is 17.8 Å². The molecule has 1 saturated heterocycles. The molecule has 1 fully saturated rings. The van der Waals surface area contributed by atoms with Crippen molar-refractivity contribution in [3.63, 3.8) is 0 Å². The molecule has 0 aromatic rings. The lowest BCUT2D eigenvalue weighted by atomic mass is 9.84. The Morgan fingerprint density at radius 1 is 1.65 bits per heavy atom. The Bertz CT molecular complexity index is 427. The number of carboxylic acid groups (broad SMARTS) is 1. The summed E-state index contributed by atoms with van der Waals surface area (Å²) in [4.78, 5) is 22.4. The highest BCUT2D eigenvalue weighted by molar-refractivity contribution is 5.99. The number of halogens is 1. The average molecular weight is 239 g/mol. The van der Waals surface area contributed by atoms with E-state index >= 15 is 0 Å². The first-order valence-corrected chi connectivity index (χ1v) is 5.63. The zero-order valence-corrected chi connectivity index (χ0v) is 9.44. The summed E-state index contributed by atoms with van der Waals surface area (Å²) in [6.45, 7) is 2.12. The van der Waals surface area contributed by atoms with Crippen LogP contribution in [-0.2, 0) is 9.59 Å². The molecule has 17 heavy (non-hydrogen) atoms. The van der Waals surface area contributed by atoms with Crippen LogP contribution in [0.2, 0.25) is 0 Å². The lowest BCUT2D eigenvalue weighted by molar-refractivity contribution is -0.147. The van der Waals surface area contributed by atoms with E-state index in [2.05, 4.69) is 5.32 Å². The fraction of sp³-hybridized carbons (Fsp3) is 0.500. The van der Waals surface area contributed by atoms with Crippen molar-refractivity contribution in [2.75, 3.05) is 6.54 Å². The van der Waals surface area contributed by atoms with Crippen molar-refractivity contribution in [2.45, 2.75) is 13.3 Å². The summed E-state index contributed by atoms with van der Waals surface area (Å²) in [7, 11) is 0. The molecule has 92 valence electrons. The summed E-state index contributed by atoms with van der Waals surface area (Å²) in [5.41, 5.74) is 0.857. The Kier molecular flexibility index (Phi) is 3.00. The van der Waals surface area contributed by atoms with Crippen molar-refractivity contribution in [3.05, 3.63) is 23.6 Å². The largest absolute Gasteiger partial charge is 0.481 e. The van der Waals surface area contributed by atoms with Gasteiger partial charge in [-0.25, -0.2) is 4.39 Å². The molecular formula is C12H14FNO3. The molecule has 1 amide bonds. The van der Waals surface area contributed by atoms with E-state index in [0.717, 1.165) is 5.57 Å². The summed E-state index contributed by atoms with van der Waals surface area (Å²) in [5, 5.41) is 11.5. The van der Waals surface area contributed by atoms with E-state index in [1.54, 1.807) is 6.08 Å². The van der Waals surface area contributed by atoms with Gasteiger partial charge in [-0.05, 0) is 18.1 Å². The Morgan fingerprint density at radius 3 is 2.88 bits per heavy atom. The quantitative estimate of drug-likeness (QED) is 0.728. The molecule has 0 aromatic heterocycles. The SMILES string of the molecule is CCC1=CC(C2CNC(=O)[C@H]2C(=O)O)C(F)=C1. The maximum atomic E-state index is 13.7. The van der Waals surface area contributed by atoms with Gasteiger partial charge in [0.15, 0.2) is 0 Å². The van der Waals surface area contributed by atoms with E-state index in [4.69, 9.17) is 5.11 Å². The third kappa shape index (κ3) is 1.97. The van der Waals surface area contributed by atoms with Gasteiger partial charge in [-0.15, -0.1) is 0 Å². The minimum atomic E-state index is -1.18. The van der Waals surface area contributed by atoms with Crippen LogP contribution < -0.4 is 5.32 Å². The number of carbonyl (C=O) groups is 2. The number of hydrogen-bond donors (Lipinski definition) is 2. The number of aliphatic carboxylic acids is 1. The molecule has 2 unspecified atom stereocenters. The normalized spacial score (nSPS) is 32.1. The lowest BCUT2D eigenvalue weighted by Gasteiger charge is -2.18. The van der Waals surface area contributed by atoms with Gasteiger partial charge < -0.3 is 10.4 Å². The van der Waals surface area contributed by atoms with Crippen molar-refractivity contribution in [1.82, 2.24) is 5.32 Å². The Morgan fingerprint density at radius 2 is 2.35 bits per heavy atom. The van der Waals surface area contributed by atoms with Crippen LogP contribution in [0.3, 0.4) is 0 Å². The molecule has 2 N–H and O–H groups in total. The number of nitrogens with one attached hydrogen (secondary N) is 1. The highest BCUT2D eigenvalue weighted by Gasteiger charge is 2.45. The van der Waals surface area contributed by atoms with Crippen molar-refractivity contribution >= 4 is 11.9 Å². The fourth-order valence-electron chi connectivity index (χ4n) is 2.45. The van der Waals surface area contributed by atoms with E-state index in [1.165, 1.54) is 6.08 Å². The Hall–Kier alpha value is -1.65. The van der Waals surface area contributed by atoms with Crippen LogP contribution in [0.25, 0.3) is 0 Å². The first-order valence-electron chi connectivity index (χ1n) is 5.63. The molecule has 2 aliphatic rings. The van der Waals surface area contributed by atoms with Gasteiger partial charge in [0.1, 0.15) is 11.7 Å². The number of carboxylic acids is 1. The molecule has 5 heteroatoms. The Labute approximate surface area is 98.2 Å². The second kappa shape index (κ2) is 4.31. The molecule has 1 aliphatic heterocycles. The predicted octanol–water partition coefficient (Wildman–Crippen LogP) is 1.25. The van der Waals surface area contributed by atoms with Gasteiger partial charge in [-0.1, -0.05) is 13.0 Å². The molecule has 0 radical (unpaired) electrons. The summed E-state index contributed by atoms with van der Waals surface area (Å²) in [5.74, 6) is -4.30. The first kappa shape index (κ1) is 11.8. The molecule has 0 aromatic carbocycles. The number of hydrogen-bond acceptors (Lipinski definition) is 2. The standard InChI is InChI=1S/C12H14FNO3/c1-2-6-3-7(9(13)4-6)8-5-14-11(15)10(8)12(16)17/h3-4,7-8,10H,2,5H2,1H3,(H,14,15)(H,16,17)/t7?,8?,10-/m0/s1. The van der Waals surface area contributed by atoms with E-state index in [0.29, 0.717) is 6.42 Å². The topological polar surface area (TPSA) is 66.4 Å². The van der Waals surface area contributed by atoms with E-state index in [1.807, 2.05) is 6.92 Å². The second-order valence-electron chi connectivity index (χ2n) is 4.38. The first-order chi connectivity index (χ1) is 8.04. The van der Waals surface area contributed by atoms with Gasteiger partial charge in [0.05, 0.1) is 0 Å². The van der Waals surface area contributed by atoms with Crippen LogP contribution in [0.15, 0.2) is 23.6 Å². The van der Waals surface area contributed by atoms with Gasteiger partial charge in [-0.3, -0.25) is 9.59 Å². The van der Waals surface area contributed by atoms with Crippen molar-refractivity contribution in [1.29, 1.82) is 0 Å². The smallest absolute Gasteiger partial charge is 0.316 e. The van der Waals surface area contributed by atoms with Crippen molar-refractivity contribution in [2.24, 2.45) is 17.8 Å². The van der Waals surface area contributed by atoms with Gasteiger partial charge in [0.2, 0.25) is 5.91 Å². The summed E-state index contributed by atoms with van der Waals surface area (Å²) >= 11 is 0. The maximum absolute atomic E-state index is 13.7. The molecule has 0 bridgehead atoms. The van der Waals surface area contributed by atoms with Gasteiger partial charge >= 0.3 is 5.97 Å². The molecule has 2 rings (SSSR count). The molecule has 1 heterocycles. The third-order valence-electron chi connectivity index (χ3n) is 3.39. The highest BCUT2D eigenvalue weighted by Crippen LogP contribution is 2.38. The number of carbonyl (C=O) groups excluding carboxylic acids is 1. The van der Waals surface area contributed by atoms with Crippen molar-refractivity contribution < 1.29 is 19.1 Å². The summed E-state index contributed by atoms with van der Waals surface area (Å²) < 4.78 is 13.7. The van der Waals surface area contributed by atoms with Crippen molar-refractivity contribution in [3.8, 4) is 0 Å².